The van der Waals surface area contributed by atoms with Crippen LogP contribution in [-0.2, 0) is 10.0 Å². The van der Waals surface area contributed by atoms with Gasteiger partial charge in [0.2, 0.25) is 10.0 Å². The Bertz CT molecular complexity index is 591. The predicted molar refractivity (Wildman–Crippen MR) is 83.9 cm³/mol. The van der Waals surface area contributed by atoms with Crippen LogP contribution in [0.1, 0.15) is 31.4 Å². The Labute approximate surface area is 126 Å². The van der Waals surface area contributed by atoms with E-state index < -0.39 is 10.0 Å². The third-order valence-electron chi connectivity index (χ3n) is 4.40. The molecule has 2 heterocycles. The summed E-state index contributed by atoms with van der Waals surface area (Å²) < 4.78 is 26.5. The summed E-state index contributed by atoms with van der Waals surface area (Å²) in [5.74, 6) is 0.456. The molecular formula is C15H23N3O2S. The molecule has 2 aliphatic rings. The first-order valence-corrected chi connectivity index (χ1v) is 9.25. The molecule has 1 aliphatic heterocycles. The molecule has 5 nitrogen and oxygen atoms in total. The maximum absolute atomic E-state index is 11.8. The fraction of sp³-hybridized carbons (Fsp3) is 0.667. The maximum Gasteiger partial charge on any atom is 0.214 e. The van der Waals surface area contributed by atoms with Crippen molar-refractivity contribution in [1.29, 1.82) is 0 Å². The number of sulfonamides is 1. The molecule has 1 aromatic rings. The zero-order chi connectivity index (χ0) is 14.9. The minimum Gasteiger partial charge on any atom is -0.371 e. The highest BCUT2D eigenvalue weighted by molar-refractivity contribution is 7.90. The van der Waals surface area contributed by atoms with Gasteiger partial charge in [0.05, 0.1) is 5.25 Å². The molecular weight excluding hydrogens is 286 g/mol. The number of aryl methyl sites for hydroxylation is 1. The molecule has 0 aromatic carbocycles. The summed E-state index contributed by atoms with van der Waals surface area (Å²) >= 11 is 0. The Kier molecular flexibility index (Phi) is 4.17. The van der Waals surface area contributed by atoms with E-state index in [0.717, 1.165) is 44.5 Å². The average molecular weight is 309 g/mol. The molecule has 1 aromatic heterocycles. The molecule has 1 saturated carbocycles. The van der Waals surface area contributed by atoms with Crippen molar-refractivity contribution in [3.05, 3.63) is 24.0 Å². The number of piperidine rings is 1. The van der Waals surface area contributed by atoms with Crippen molar-refractivity contribution in [3.63, 3.8) is 0 Å². The first-order chi connectivity index (χ1) is 10.0. The number of hydrogen-bond donors (Lipinski definition) is 1. The summed E-state index contributed by atoms with van der Waals surface area (Å²) in [5.41, 5.74) is 2.26. The van der Waals surface area contributed by atoms with E-state index >= 15 is 0 Å². The van der Waals surface area contributed by atoms with Crippen LogP contribution in [0.25, 0.3) is 0 Å². The van der Waals surface area contributed by atoms with Gasteiger partial charge in [0.25, 0.3) is 0 Å². The summed E-state index contributed by atoms with van der Waals surface area (Å²) in [6.45, 7) is 4.57. The van der Waals surface area contributed by atoms with Gasteiger partial charge in [0.1, 0.15) is 0 Å². The molecule has 116 valence electrons. The summed E-state index contributed by atoms with van der Waals surface area (Å²) in [7, 11) is -3.03. The standard InChI is InChI=1S/C15H23N3O2S/c1-12-10-14(4-7-16-12)18-8-5-13(6-9-18)11-17-21(19,20)15-2-3-15/h4,7,10,13,15,17H,2-3,5-6,8-9,11H2,1H3. The van der Waals surface area contributed by atoms with Crippen LogP contribution in [0.15, 0.2) is 18.3 Å². The molecule has 0 atom stereocenters. The van der Waals surface area contributed by atoms with Crippen molar-refractivity contribution < 1.29 is 8.42 Å². The normalized spacial score (nSPS) is 20.7. The summed E-state index contributed by atoms with van der Waals surface area (Å²) in [5, 5.41) is -0.114. The number of pyridine rings is 1. The van der Waals surface area contributed by atoms with Gasteiger partial charge in [0.15, 0.2) is 0 Å². The number of hydrogen-bond acceptors (Lipinski definition) is 4. The van der Waals surface area contributed by atoms with Gasteiger partial charge in [-0.2, -0.15) is 0 Å². The molecule has 2 fully saturated rings. The second-order valence-corrected chi connectivity index (χ2v) is 8.22. The van der Waals surface area contributed by atoms with Crippen molar-refractivity contribution in [2.75, 3.05) is 24.5 Å². The van der Waals surface area contributed by atoms with Crippen LogP contribution in [0.3, 0.4) is 0 Å². The number of nitrogens with one attached hydrogen (secondary N) is 1. The van der Waals surface area contributed by atoms with E-state index in [2.05, 4.69) is 20.7 Å². The Balaban J connectivity index is 1.49. The van der Waals surface area contributed by atoms with Crippen LogP contribution in [0.5, 0.6) is 0 Å². The lowest BCUT2D eigenvalue weighted by Crippen LogP contribution is -2.39. The molecule has 0 bridgehead atoms. The first kappa shape index (κ1) is 14.8. The first-order valence-electron chi connectivity index (χ1n) is 7.71. The van der Waals surface area contributed by atoms with Crippen LogP contribution in [0, 0.1) is 12.8 Å². The zero-order valence-corrected chi connectivity index (χ0v) is 13.3. The van der Waals surface area contributed by atoms with Gasteiger partial charge in [-0.05, 0) is 50.7 Å². The fourth-order valence-electron chi connectivity index (χ4n) is 2.85. The van der Waals surface area contributed by atoms with Crippen LogP contribution in [-0.4, -0.2) is 38.3 Å². The van der Waals surface area contributed by atoms with Gasteiger partial charge in [-0.3, -0.25) is 4.98 Å². The molecule has 3 rings (SSSR count). The molecule has 21 heavy (non-hydrogen) atoms. The van der Waals surface area contributed by atoms with Gasteiger partial charge in [0, 0.05) is 37.2 Å². The number of aromatic nitrogens is 1. The van der Waals surface area contributed by atoms with E-state index in [4.69, 9.17) is 0 Å². The van der Waals surface area contributed by atoms with Crippen molar-refractivity contribution in [2.45, 2.75) is 37.9 Å². The Hall–Kier alpha value is -1.14. The highest BCUT2D eigenvalue weighted by Crippen LogP contribution is 2.28. The molecule has 0 amide bonds. The molecule has 0 spiro atoms. The predicted octanol–water partition coefficient (Wildman–Crippen LogP) is 1.69. The Morgan fingerprint density at radius 2 is 2.00 bits per heavy atom. The topological polar surface area (TPSA) is 62.3 Å². The van der Waals surface area contributed by atoms with Crippen molar-refractivity contribution >= 4 is 15.7 Å². The van der Waals surface area contributed by atoms with Gasteiger partial charge in [-0.15, -0.1) is 0 Å². The van der Waals surface area contributed by atoms with Crippen LogP contribution >= 0.6 is 0 Å². The molecule has 1 aliphatic carbocycles. The molecule has 0 unspecified atom stereocenters. The van der Waals surface area contributed by atoms with E-state index in [1.807, 2.05) is 19.2 Å². The lowest BCUT2D eigenvalue weighted by atomic mass is 9.97. The molecule has 1 N–H and O–H groups in total. The second kappa shape index (κ2) is 5.93. The van der Waals surface area contributed by atoms with Crippen LogP contribution < -0.4 is 9.62 Å². The van der Waals surface area contributed by atoms with E-state index in [0.29, 0.717) is 12.5 Å². The second-order valence-electron chi connectivity index (χ2n) is 6.18. The molecule has 6 heteroatoms. The van der Waals surface area contributed by atoms with Crippen molar-refractivity contribution in [2.24, 2.45) is 5.92 Å². The van der Waals surface area contributed by atoms with Crippen molar-refractivity contribution in [1.82, 2.24) is 9.71 Å². The summed E-state index contributed by atoms with van der Waals surface area (Å²) in [6, 6.07) is 4.15. The molecule has 0 radical (unpaired) electrons. The smallest absolute Gasteiger partial charge is 0.214 e. The van der Waals surface area contributed by atoms with Gasteiger partial charge >= 0.3 is 0 Å². The number of nitrogens with zero attached hydrogens (tertiary/aromatic N) is 2. The Morgan fingerprint density at radius 1 is 1.29 bits per heavy atom. The summed E-state index contributed by atoms with van der Waals surface area (Å²) in [4.78, 5) is 6.59. The van der Waals surface area contributed by atoms with E-state index in [-0.39, 0.29) is 5.25 Å². The van der Waals surface area contributed by atoms with E-state index in [9.17, 15) is 8.42 Å². The van der Waals surface area contributed by atoms with Gasteiger partial charge < -0.3 is 4.90 Å². The summed E-state index contributed by atoms with van der Waals surface area (Å²) in [6.07, 6.45) is 5.58. The quantitative estimate of drug-likeness (QED) is 0.899. The SMILES string of the molecule is Cc1cc(N2CCC(CNS(=O)(=O)C3CC3)CC2)ccn1. The third kappa shape index (κ3) is 3.74. The van der Waals surface area contributed by atoms with Crippen LogP contribution in [0.2, 0.25) is 0 Å². The van der Waals surface area contributed by atoms with Crippen LogP contribution in [0.4, 0.5) is 5.69 Å². The lowest BCUT2D eigenvalue weighted by molar-refractivity contribution is 0.402. The highest BCUT2D eigenvalue weighted by atomic mass is 32.2. The average Bonchev–Trinajstić information content (AvgIpc) is 3.31. The van der Waals surface area contributed by atoms with E-state index in [1.54, 1.807) is 0 Å². The minimum absolute atomic E-state index is 0.114. The fourth-order valence-corrected chi connectivity index (χ4v) is 4.31. The third-order valence-corrected chi connectivity index (χ3v) is 6.31. The lowest BCUT2D eigenvalue weighted by Gasteiger charge is -2.33. The van der Waals surface area contributed by atoms with Crippen molar-refractivity contribution in [3.8, 4) is 0 Å². The maximum atomic E-state index is 11.8. The zero-order valence-electron chi connectivity index (χ0n) is 12.5. The van der Waals surface area contributed by atoms with Gasteiger partial charge in [-0.1, -0.05) is 0 Å². The highest BCUT2D eigenvalue weighted by Gasteiger charge is 2.35. The van der Waals surface area contributed by atoms with E-state index in [1.165, 1.54) is 5.69 Å². The van der Waals surface area contributed by atoms with Gasteiger partial charge in [-0.25, -0.2) is 13.1 Å². The Morgan fingerprint density at radius 3 is 2.62 bits per heavy atom. The molecule has 1 saturated heterocycles. The number of anilines is 1. The monoisotopic (exact) mass is 309 g/mol. The number of rotatable bonds is 5. The largest absolute Gasteiger partial charge is 0.371 e. The minimum atomic E-state index is -3.03.